The Morgan fingerprint density at radius 3 is 2.67 bits per heavy atom. The van der Waals surface area contributed by atoms with Gasteiger partial charge < -0.3 is 15.4 Å². The number of para-hydroxylation sites is 1. The molecule has 1 fully saturated rings. The molecule has 5 heteroatoms. The monoisotopic (exact) mass is 328 g/mol. The van der Waals surface area contributed by atoms with Crippen molar-refractivity contribution < 1.29 is 13.9 Å². The molecule has 2 aromatic carbocycles. The molecular formula is C19H21FN2O2. The highest BCUT2D eigenvalue weighted by molar-refractivity contribution is 5.97. The topological polar surface area (TPSA) is 55.6 Å². The maximum atomic E-state index is 13.0. The lowest BCUT2D eigenvalue weighted by atomic mass is 10.1. The molecule has 0 bridgehead atoms. The van der Waals surface area contributed by atoms with E-state index in [1.165, 1.54) is 12.1 Å². The Morgan fingerprint density at radius 2 is 1.96 bits per heavy atom. The van der Waals surface area contributed by atoms with Gasteiger partial charge in [0.05, 0.1) is 5.56 Å². The summed E-state index contributed by atoms with van der Waals surface area (Å²) in [6, 6.07) is 13.4. The molecule has 1 saturated heterocycles. The van der Waals surface area contributed by atoms with Gasteiger partial charge in [-0.25, -0.2) is 4.39 Å². The van der Waals surface area contributed by atoms with Gasteiger partial charge in [-0.3, -0.25) is 4.79 Å². The molecule has 0 saturated carbocycles. The summed E-state index contributed by atoms with van der Waals surface area (Å²) in [6.07, 6.45) is 0.945. The zero-order valence-electron chi connectivity index (χ0n) is 13.5. The number of amides is 1. The normalized spacial score (nSPS) is 17.1. The molecular weight excluding hydrogens is 307 g/mol. The van der Waals surface area contributed by atoms with Crippen molar-refractivity contribution in [1.82, 2.24) is 4.90 Å². The van der Waals surface area contributed by atoms with Crippen LogP contribution in [0.3, 0.4) is 0 Å². The zero-order valence-corrected chi connectivity index (χ0v) is 13.5. The Morgan fingerprint density at radius 1 is 1.21 bits per heavy atom. The number of halogens is 1. The van der Waals surface area contributed by atoms with E-state index >= 15 is 0 Å². The first kappa shape index (κ1) is 16.5. The Bertz CT molecular complexity index is 703. The van der Waals surface area contributed by atoms with Crippen molar-refractivity contribution in [3.63, 3.8) is 0 Å². The molecule has 1 amide bonds. The van der Waals surface area contributed by atoms with E-state index in [-0.39, 0.29) is 18.3 Å². The maximum Gasteiger partial charge on any atom is 0.257 e. The molecule has 0 aromatic heterocycles. The van der Waals surface area contributed by atoms with Gasteiger partial charge in [-0.15, -0.1) is 0 Å². The van der Waals surface area contributed by atoms with E-state index in [1.807, 2.05) is 17.0 Å². The van der Waals surface area contributed by atoms with Gasteiger partial charge in [-0.1, -0.05) is 24.3 Å². The first-order chi connectivity index (χ1) is 11.7. The number of nitrogens with two attached hydrogens (primary N) is 1. The molecule has 2 N–H and O–H groups in total. The number of carbonyl (C=O) groups is 1. The van der Waals surface area contributed by atoms with Crippen LogP contribution in [-0.4, -0.2) is 30.4 Å². The predicted octanol–water partition coefficient (Wildman–Crippen LogP) is 2.83. The van der Waals surface area contributed by atoms with Crippen molar-refractivity contribution >= 4 is 5.91 Å². The molecule has 0 spiro atoms. The summed E-state index contributed by atoms with van der Waals surface area (Å²) in [5.41, 5.74) is 7.10. The van der Waals surface area contributed by atoms with Crippen LogP contribution in [0, 0.1) is 11.7 Å². The SMILES string of the molecule is NCC1CCN(C(=O)c2ccccc2OCc2ccc(F)cc2)C1. The molecule has 1 aliphatic rings. The summed E-state index contributed by atoms with van der Waals surface area (Å²) >= 11 is 0. The smallest absolute Gasteiger partial charge is 0.257 e. The van der Waals surface area contributed by atoms with Crippen LogP contribution in [0.25, 0.3) is 0 Å². The summed E-state index contributed by atoms with van der Waals surface area (Å²) in [7, 11) is 0. The van der Waals surface area contributed by atoms with Gasteiger partial charge in [0.1, 0.15) is 18.2 Å². The van der Waals surface area contributed by atoms with E-state index < -0.39 is 0 Å². The summed E-state index contributed by atoms with van der Waals surface area (Å²) in [4.78, 5) is 14.6. The minimum absolute atomic E-state index is 0.0272. The van der Waals surface area contributed by atoms with Gasteiger partial charge in [0.25, 0.3) is 5.91 Å². The standard InChI is InChI=1S/C19H21FN2O2/c20-16-7-5-14(6-8-16)13-24-18-4-2-1-3-17(18)19(23)22-10-9-15(11-21)12-22/h1-8,15H,9-13,21H2. The van der Waals surface area contributed by atoms with Crippen molar-refractivity contribution in [2.45, 2.75) is 13.0 Å². The van der Waals surface area contributed by atoms with Crippen molar-refractivity contribution in [3.05, 3.63) is 65.5 Å². The van der Waals surface area contributed by atoms with E-state index in [1.54, 1.807) is 24.3 Å². The molecule has 1 aliphatic heterocycles. The second-order valence-corrected chi connectivity index (χ2v) is 6.05. The molecule has 1 heterocycles. The van der Waals surface area contributed by atoms with Gasteiger partial charge in [0, 0.05) is 13.1 Å². The highest BCUT2D eigenvalue weighted by Gasteiger charge is 2.27. The Hall–Kier alpha value is -2.40. The molecule has 126 valence electrons. The number of nitrogens with zero attached hydrogens (tertiary/aromatic N) is 1. The fourth-order valence-electron chi connectivity index (χ4n) is 2.89. The Labute approximate surface area is 141 Å². The third kappa shape index (κ3) is 3.74. The third-order valence-corrected chi connectivity index (χ3v) is 4.33. The molecule has 1 atom stereocenters. The van der Waals surface area contributed by atoms with E-state index in [2.05, 4.69) is 0 Å². The second-order valence-electron chi connectivity index (χ2n) is 6.05. The molecule has 4 nitrogen and oxygen atoms in total. The number of likely N-dealkylation sites (tertiary alicyclic amines) is 1. The summed E-state index contributed by atoms with van der Waals surface area (Å²) in [5, 5.41) is 0. The van der Waals surface area contributed by atoms with Crippen LogP contribution in [0.2, 0.25) is 0 Å². The lowest BCUT2D eigenvalue weighted by Crippen LogP contribution is -2.30. The quantitative estimate of drug-likeness (QED) is 0.918. The predicted molar refractivity (Wildman–Crippen MR) is 90.2 cm³/mol. The van der Waals surface area contributed by atoms with Crippen LogP contribution >= 0.6 is 0 Å². The van der Waals surface area contributed by atoms with Crippen LogP contribution < -0.4 is 10.5 Å². The average Bonchev–Trinajstić information content (AvgIpc) is 3.10. The molecule has 24 heavy (non-hydrogen) atoms. The van der Waals surface area contributed by atoms with Crippen LogP contribution in [0.4, 0.5) is 4.39 Å². The molecule has 0 radical (unpaired) electrons. The molecule has 0 aliphatic carbocycles. The number of ether oxygens (including phenoxy) is 1. The van der Waals surface area contributed by atoms with Crippen LogP contribution in [0.1, 0.15) is 22.3 Å². The highest BCUT2D eigenvalue weighted by atomic mass is 19.1. The number of hydrogen-bond acceptors (Lipinski definition) is 3. The highest BCUT2D eigenvalue weighted by Crippen LogP contribution is 2.24. The second kappa shape index (κ2) is 7.45. The van der Waals surface area contributed by atoms with Gasteiger partial charge in [0.2, 0.25) is 0 Å². The maximum absolute atomic E-state index is 13.0. The van der Waals surface area contributed by atoms with Gasteiger partial charge in [-0.05, 0) is 48.7 Å². The largest absolute Gasteiger partial charge is 0.488 e. The molecule has 3 rings (SSSR count). The minimum Gasteiger partial charge on any atom is -0.488 e. The number of benzene rings is 2. The lowest BCUT2D eigenvalue weighted by molar-refractivity contribution is 0.0782. The van der Waals surface area contributed by atoms with Crippen molar-refractivity contribution in [3.8, 4) is 5.75 Å². The van der Waals surface area contributed by atoms with E-state index in [9.17, 15) is 9.18 Å². The lowest BCUT2D eigenvalue weighted by Gasteiger charge is -2.18. The Kier molecular flexibility index (Phi) is 5.11. The first-order valence-electron chi connectivity index (χ1n) is 8.13. The fourth-order valence-corrected chi connectivity index (χ4v) is 2.89. The van der Waals surface area contributed by atoms with Crippen LogP contribution in [-0.2, 0) is 6.61 Å². The Balaban J connectivity index is 1.70. The number of rotatable bonds is 5. The van der Waals surface area contributed by atoms with Gasteiger partial charge >= 0.3 is 0 Å². The average molecular weight is 328 g/mol. The minimum atomic E-state index is -0.280. The van der Waals surface area contributed by atoms with E-state index in [0.29, 0.717) is 30.3 Å². The van der Waals surface area contributed by atoms with Gasteiger partial charge in [0.15, 0.2) is 0 Å². The van der Waals surface area contributed by atoms with Crippen LogP contribution in [0.5, 0.6) is 5.75 Å². The summed E-state index contributed by atoms with van der Waals surface area (Å²) < 4.78 is 18.8. The zero-order chi connectivity index (χ0) is 16.9. The van der Waals surface area contributed by atoms with Crippen molar-refractivity contribution in [2.75, 3.05) is 19.6 Å². The first-order valence-corrected chi connectivity index (χ1v) is 8.13. The molecule has 2 aromatic rings. The van der Waals surface area contributed by atoms with Gasteiger partial charge in [-0.2, -0.15) is 0 Å². The van der Waals surface area contributed by atoms with E-state index in [4.69, 9.17) is 10.5 Å². The third-order valence-electron chi connectivity index (χ3n) is 4.33. The van der Waals surface area contributed by atoms with Crippen LogP contribution in [0.15, 0.2) is 48.5 Å². The number of hydrogen-bond donors (Lipinski definition) is 1. The van der Waals surface area contributed by atoms with E-state index in [0.717, 1.165) is 18.5 Å². The fraction of sp³-hybridized carbons (Fsp3) is 0.316. The summed E-state index contributed by atoms with van der Waals surface area (Å²) in [6.45, 7) is 2.32. The summed E-state index contributed by atoms with van der Waals surface area (Å²) in [5.74, 6) is 0.614. The van der Waals surface area contributed by atoms with Crippen molar-refractivity contribution in [1.29, 1.82) is 0 Å². The molecule has 1 unspecified atom stereocenters. The van der Waals surface area contributed by atoms with Crippen molar-refractivity contribution in [2.24, 2.45) is 11.7 Å². The number of carbonyl (C=O) groups excluding carboxylic acids is 1.